The van der Waals surface area contributed by atoms with E-state index < -0.39 is 11.7 Å². The summed E-state index contributed by atoms with van der Waals surface area (Å²) >= 11 is 2.10. The van der Waals surface area contributed by atoms with Crippen molar-refractivity contribution in [1.82, 2.24) is 5.32 Å². The van der Waals surface area contributed by atoms with Gasteiger partial charge in [-0.1, -0.05) is 52.9 Å². The second kappa shape index (κ2) is 8.97. The largest absolute Gasteiger partial charge is 0.460 e. The smallest absolute Gasteiger partial charge is 0.407 e. The average molecular weight is 419 g/mol. The molecule has 0 aliphatic carbocycles. The third-order valence-electron chi connectivity index (χ3n) is 2.63. The molecule has 0 aromatic heterocycles. The van der Waals surface area contributed by atoms with Crippen molar-refractivity contribution in [3.63, 3.8) is 0 Å². The van der Waals surface area contributed by atoms with Crippen LogP contribution in [0, 0.1) is 5.92 Å². The van der Waals surface area contributed by atoms with Crippen molar-refractivity contribution >= 4 is 34.7 Å². The maximum absolute atomic E-state index is 12.0. The van der Waals surface area contributed by atoms with Crippen LogP contribution >= 0.6 is 22.6 Å². The van der Waals surface area contributed by atoms with Gasteiger partial charge < -0.3 is 14.8 Å². The molecule has 1 N–H and O–H groups in total. The van der Waals surface area contributed by atoms with Crippen molar-refractivity contribution in [2.45, 2.75) is 33.0 Å². The number of carbonyl (C=O) groups excluding carboxylic acids is 2. The standard InChI is InChI=1S/C16H22INO4/c1-16(2,3)22-14(19)13(9-17)10-18-15(20)21-11-12-7-5-4-6-8-12/h4-8,13H,9-11H2,1-3H3,(H,18,20)/t13-/m0/s1. The second-order valence-corrected chi connectivity index (χ2v) is 6.71. The van der Waals surface area contributed by atoms with E-state index in [0.29, 0.717) is 4.43 Å². The first-order chi connectivity index (χ1) is 10.3. The van der Waals surface area contributed by atoms with Gasteiger partial charge in [0.25, 0.3) is 0 Å². The van der Waals surface area contributed by atoms with E-state index in [1.54, 1.807) is 0 Å². The molecule has 1 aromatic rings. The number of carbonyl (C=O) groups is 2. The molecule has 5 nitrogen and oxygen atoms in total. The Morgan fingerprint density at radius 1 is 1.23 bits per heavy atom. The third-order valence-corrected chi connectivity index (χ3v) is 3.70. The molecule has 0 fully saturated rings. The molecule has 22 heavy (non-hydrogen) atoms. The zero-order valence-electron chi connectivity index (χ0n) is 13.1. The maximum Gasteiger partial charge on any atom is 0.407 e. The van der Waals surface area contributed by atoms with Crippen LogP contribution in [0.25, 0.3) is 0 Å². The molecule has 0 radical (unpaired) electrons. The van der Waals surface area contributed by atoms with Gasteiger partial charge in [-0.2, -0.15) is 0 Å². The molecule has 0 saturated heterocycles. The summed E-state index contributed by atoms with van der Waals surface area (Å²) in [5, 5.41) is 2.60. The van der Waals surface area contributed by atoms with Crippen LogP contribution in [-0.4, -0.2) is 28.6 Å². The number of esters is 1. The number of amides is 1. The number of hydrogen-bond acceptors (Lipinski definition) is 4. The van der Waals surface area contributed by atoms with E-state index in [-0.39, 0.29) is 25.0 Å². The van der Waals surface area contributed by atoms with Crippen LogP contribution in [0.2, 0.25) is 0 Å². The summed E-state index contributed by atoms with van der Waals surface area (Å²) in [6.07, 6.45) is -0.540. The van der Waals surface area contributed by atoms with Crippen LogP contribution in [-0.2, 0) is 20.9 Å². The predicted molar refractivity (Wildman–Crippen MR) is 92.9 cm³/mol. The van der Waals surface area contributed by atoms with Gasteiger partial charge >= 0.3 is 12.1 Å². The normalized spacial score (nSPS) is 12.4. The lowest BCUT2D eigenvalue weighted by atomic mass is 10.1. The SMILES string of the molecule is CC(C)(C)OC(=O)[C@@H](CI)CNC(=O)OCc1ccccc1. The van der Waals surface area contributed by atoms with Crippen molar-refractivity contribution in [2.75, 3.05) is 11.0 Å². The number of alkyl carbamates (subject to hydrolysis) is 1. The van der Waals surface area contributed by atoms with E-state index in [1.807, 2.05) is 51.1 Å². The summed E-state index contributed by atoms with van der Waals surface area (Å²) in [6, 6.07) is 9.41. The Morgan fingerprint density at radius 3 is 2.41 bits per heavy atom. The summed E-state index contributed by atoms with van der Waals surface area (Å²) in [6.45, 7) is 5.85. The van der Waals surface area contributed by atoms with Crippen molar-refractivity contribution < 1.29 is 19.1 Å². The van der Waals surface area contributed by atoms with Gasteiger partial charge in [0.2, 0.25) is 0 Å². The average Bonchev–Trinajstić information content (AvgIpc) is 2.45. The quantitative estimate of drug-likeness (QED) is 0.437. The molecular weight excluding hydrogens is 397 g/mol. The molecule has 0 saturated carbocycles. The number of nitrogens with one attached hydrogen (secondary N) is 1. The Hall–Kier alpha value is -1.31. The first kappa shape index (κ1) is 18.7. The van der Waals surface area contributed by atoms with Crippen molar-refractivity contribution in [1.29, 1.82) is 0 Å². The highest BCUT2D eigenvalue weighted by molar-refractivity contribution is 14.1. The Balaban J connectivity index is 2.36. The minimum atomic E-state index is -0.540. The zero-order valence-corrected chi connectivity index (χ0v) is 15.3. The van der Waals surface area contributed by atoms with Gasteiger partial charge in [-0.25, -0.2) is 4.79 Å². The molecule has 1 rings (SSSR count). The molecule has 1 aromatic carbocycles. The number of halogens is 1. The van der Waals surface area contributed by atoms with E-state index in [1.165, 1.54) is 0 Å². The summed E-state index contributed by atoms with van der Waals surface area (Å²) in [5.41, 5.74) is 0.379. The number of ether oxygens (including phenoxy) is 2. The molecule has 6 heteroatoms. The Morgan fingerprint density at radius 2 is 1.86 bits per heavy atom. The lowest BCUT2D eigenvalue weighted by Crippen LogP contribution is -2.37. The van der Waals surface area contributed by atoms with E-state index in [9.17, 15) is 9.59 Å². The molecule has 1 atom stereocenters. The lowest BCUT2D eigenvalue weighted by Gasteiger charge is -2.23. The highest BCUT2D eigenvalue weighted by Crippen LogP contribution is 2.13. The Labute approximate surface area is 144 Å². The predicted octanol–water partition coefficient (Wildman–Crippen LogP) is 3.31. The molecule has 0 bridgehead atoms. The van der Waals surface area contributed by atoms with Crippen LogP contribution in [0.4, 0.5) is 4.79 Å². The highest BCUT2D eigenvalue weighted by atomic mass is 127. The fourth-order valence-corrected chi connectivity index (χ4v) is 2.24. The monoisotopic (exact) mass is 419 g/mol. The molecule has 122 valence electrons. The zero-order chi connectivity index (χ0) is 16.6. The number of alkyl halides is 1. The minimum Gasteiger partial charge on any atom is -0.460 e. The fraction of sp³-hybridized carbons (Fsp3) is 0.500. The van der Waals surface area contributed by atoms with Crippen molar-refractivity contribution in [3.8, 4) is 0 Å². The molecule has 0 aliphatic rings. The number of hydrogen-bond donors (Lipinski definition) is 1. The molecule has 0 spiro atoms. The summed E-state index contributed by atoms with van der Waals surface area (Å²) in [5.74, 6) is -0.700. The maximum atomic E-state index is 12.0. The van der Waals surface area contributed by atoms with Crippen LogP contribution in [0.3, 0.4) is 0 Å². The van der Waals surface area contributed by atoms with Crippen LogP contribution < -0.4 is 5.32 Å². The summed E-state index contributed by atoms with van der Waals surface area (Å²) in [7, 11) is 0. The van der Waals surface area contributed by atoms with E-state index in [2.05, 4.69) is 27.9 Å². The molecular formula is C16H22INO4. The van der Waals surface area contributed by atoms with Gasteiger partial charge in [-0.15, -0.1) is 0 Å². The van der Waals surface area contributed by atoms with Crippen molar-refractivity contribution in [3.05, 3.63) is 35.9 Å². The highest BCUT2D eigenvalue weighted by Gasteiger charge is 2.24. The van der Waals surface area contributed by atoms with Crippen LogP contribution in [0.5, 0.6) is 0 Å². The second-order valence-electron chi connectivity index (χ2n) is 5.83. The Bertz CT molecular complexity index is 485. The molecule has 0 unspecified atom stereocenters. The molecule has 0 heterocycles. The van der Waals surface area contributed by atoms with Crippen molar-refractivity contribution in [2.24, 2.45) is 5.92 Å². The number of rotatable bonds is 6. The van der Waals surface area contributed by atoms with Crippen LogP contribution in [0.1, 0.15) is 26.3 Å². The van der Waals surface area contributed by atoms with E-state index in [4.69, 9.17) is 9.47 Å². The first-order valence-corrected chi connectivity index (χ1v) is 8.58. The lowest BCUT2D eigenvalue weighted by molar-refractivity contribution is -0.158. The van der Waals surface area contributed by atoms with Gasteiger partial charge in [0.15, 0.2) is 0 Å². The summed E-state index contributed by atoms with van der Waals surface area (Å²) < 4.78 is 11.0. The van der Waals surface area contributed by atoms with Gasteiger partial charge in [0, 0.05) is 11.0 Å². The van der Waals surface area contributed by atoms with Gasteiger partial charge in [0.1, 0.15) is 12.2 Å². The molecule has 0 aliphatic heterocycles. The van der Waals surface area contributed by atoms with E-state index >= 15 is 0 Å². The topological polar surface area (TPSA) is 64.6 Å². The Kier molecular flexibility index (Phi) is 7.64. The van der Waals surface area contributed by atoms with Gasteiger partial charge in [-0.3, -0.25) is 4.79 Å². The molecule has 1 amide bonds. The first-order valence-electron chi connectivity index (χ1n) is 7.05. The fourth-order valence-electron chi connectivity index (χ4n) is 1.57. The minimum absolute atomic E-state index is 0.200. The van der Waals surface area contributed by atoms with Gasteiger partial charge in [-0.05, 0) is 26.3 Å². The van der Waals surface area contributed by atoms with Gasteiger partial charge in [0.05, 0.1) is 5.92 Å². The number of benzene rings is 1. The third kappa shape index (κ3) is 7.63. The van der Waals surface area contributed by atoms with Crippen LogP contribution in [0.15, 0.2) is 30.3 Å². The summed E-state index contributed by atoms with van der Waals surface area (Å²) in [4.78, 5) is 23.6. The van der Waals surface area contributed by atoms with E-state index in [0.717, 1.165) is 5.56 Å².